The molecule has 0 aliphatic carbocycles. The molecule has 1 unspecified atom stereocenters. The van der Waals surface area contributed by atoms with Crippen LogP contribution in [0.15, 0.2) is 18.2 Å². The van der Waals surface area contributed by atoms with Gasteiger partial charge in [-0.2, -0.15) is 0 Å². The van der Waals surface area contributed by atoms with Gasteiger partial charge in [0.2, 0.25) is 5.91 Å². The van der Waals surface area contributed by atoms with Crippen molar-refractivity contribution in [2.24, 2.45) is 11.8 Å². The number of nitrogens with zero attached hydrogens (tertiary/aromatic N) is 2. The van der Waals surface area contributed by atoms with Crippen molar-refractivity contribution >= 4 is 23.2 Å². The molecule has 0 bridgehead atoms. The largest absolute Gasteiger partial charge is 0.393 e. The van der Waals surface area contributed by atoms with Crippen LogP contribution in [0, 0.1) is 22.0 Å². The minimum absolute atomic E-state index is 0.0289. The summed E-state index contributed by atoms with van der Waals surface area (Å²) in [6.45, 7) is 6.99. The van der Waals surface area contributed by atoms with E-state index in [1.165, 1.54) is 18.2 Å². The van der Waals surface area contributed by atoms with E-state index in [9.17, 15) is 19.7 Å². The summed E-state index contributed by atoms with van der Waals surface area (Å²) >= 11 is 0. The highest BCUT2D eigenvalue weighted by atomic mass is 16.6. The van der Waals surface area contributed by atoms with Gasteiger partial charge < -0.3 is 16.0 Å². The van der Waals surface area contributed by atoms with E-state index < -0.39 is 4.92 Å². The van der Waals surface area contributed by atoms with Crippen LogP contribution in [0.1, 0.15) is 44.0 Å². The van der Waals surface area contributed by atoms with Crippen LogP contribution in [0.25, 0.3) is 0 Å². The Balaban J connectivity index is 1.97. The first-order chi connectivity index (χ1) is 12.2. The second kappa shape index (κ2) is 8.16. The molecule has 8 heteroatoms. The van der Waals surface area contributed by atoms with Crippen LogP contribution >= 0.6 is 0 Å². The first kappa shape index (κ1) is 19.7. The van der Waals surface area contributed by atoms with Crippen LogP contribution in [0.3, 0.4) is 0 Å². The van der Waals surface area contributed by atoms with Gasteiger partial charge in [0.25, 0.3) is 11.6 Å². The van der Waals surface area contributed by atoms with Gasteiger partial charge in [-0.15, -0.1) is 0 Å². The molecule has 1 aliphatic heterocycles. The Labute approximate surface area is 152 Å². The van der Waals surface area contributed by atoms with Crippen molar-refractivity contribution in [1.82, 2.24) is 10.2 Å². The van der Waals surface area contributed by atoms with Crippen LogP contribution in [0.5, 0.6) is 0 Å². The molecule has 142 valence electrons. The highest BCUT2D eigenvalue weighted by Gasteiger charge is 2.29. The number of carbonyl (C=O) groups is 2. The Morgan fingerprint density at radius 1 is 1.27 bits per heavy atom. The second-order valence-electron chi connectivity index (χ2n) is 7.14. The number of hydrogen-bond acceptors (Lipinski definition) is 5. The Kier molecular flexibility index (Phi) is 6.18. The standard InChI is InChI=1S/C18H26N4O4/c1-11(2)12(3)20-17(23)13-6-8-21(9-7-13)18(24)14-4-5-15(19)16(10-14)22(25)26/h4-5,10-13H,6-9,19H2,1-3H3,(H,20,23). The van der Waals surface area contributed by atoms with E-state index in [1.54, 1.807) is 4.90 Å². The summed E-state index contributed by atoms with van der Waals surface area (Å²) in [6.07, 6.45) is 1.17. The van der Waals surface area contributed by atoms with Crippen LogP contribution in [-0.2, 0) is 4.79 Å². The number of rotatable bonds is 5. The minimum Gasteiger partial charge on any atom is -0.393 e. The smallest absolute Gasteiger partial charge is 0.292 e. The summed E-state index contributed by atoms with van der Waals surface area (Å²) in [5.41, 5.74) is 5.57. The maximum atomic E-state index is 12.6. The minimum atomic E-state index is -0.599. The zero-order valence-corrected chi connectivity index (χ0v) is 15.4. The van der Waals surface area contributed by atoms with Gasteiger partial charge in [0.05, 0.1) is 4.92 Å². The van der Waals surface area contributed by atoms with Crippen molar-refractivity contribution < 1.29 is 14.5 Å². The zero-order chi connectivity index (χ0) is 19.4. The predicted octanol–water partition coefficient (Wildman–Crippen LogP) is 2.19. The lowest BCUT2D eigenvalue weighted by molar-refractivity contribution is -0.383. The number of nitrogens with two attached hydrogens (primary N) is 1. The van der Waals surface area contributed by atoms with Crippen LogP contribution in [0.4, 0.5) is 11.4 Å². The third kappa shape index (κ3) is 4.50. The summed E-state index contributed by atoms with van der Waals surface area (Å²) < 4.78 is 0. The Bertz CT molecular complexity index is 696. The van der Waals surface area contributed by atoms with Crippen molar-refractivity contribution in [2.45, 2.75) is 39.7 Å². The molecular weight excluding hydrogens is 336 g/mol. The Morgan fingerprint density at radius 2 is 1.88 bits per heavy atom. The first-order valence-corrected chi connectivity index (χ1v) is 8.84. The van der Waals surface area contributed by atoms with E-state index in [1.807, 2.05) is 6.92 Å². The lowest BCUT2D eigenvalue weighted by Gasteiger charge is -2.32. The van der Waals surface area contributed by atoms with Crippen molar-refractivity contribution in [3.05, 3.63) is 33.9 Å². The topological polar surface area (TPSA) is 119 Å². The highest BCUT2D eigenvalue weighted by molar-refractivity contribution is 5.95. The van der Waals surface area contributed by atoms with Gasteiger partial charge in [-0.05, 0) is 37.8 Å². The normalized spacial score (nSPS) is 16.4. The van der Waals surface area contributed by atoms with E-state index in [0.717, 1.165) is 0 Å². The lowest BCUT2D eigenvalue weighted by atomic mass is 9.94. The molecule has 1 saturated heterocycles. The molecule has 8 nitrogen and oxygen atoms in total. The van der Waals surface area contributed by atoms with Gasteiger partial charge in [-0.3, -0.25) is 19.7 Å². The van der Waals surface area contributed by atoms with Gasteiger partial charge >= 0.3 is 0 Å². The number of nitro benzene ring substituents is 1. The van der Waals surface area contributed by atoms with E-state index in [2.05, 4.69) is 19.2 Å². The number of hydrogen-bond donors (Lipinski definition) is 2. The van der Waals surface area contributed by atoms with Gasteiger partial charge in [-0.25, -0.2) is 0 Å². The summed E-state index contributed by atoms with van der Waals surface area (Å²) in [5.74, 6) is 0.00635. The third-order valence-electron chi connectivity index (χ3n) is 5.00. The van der Waals surface area contributed by atoms with Gasteiger partial charge in [0.15, 0.2) is 0 Å². The number of benzene rings is 1. The molecule has 2 amide bonds. The molecule has 26 heavy (non-hydrogen) atoms. The zero-order valence-electron chi connectivity index (χ0n) is 15.4. The SMILES string of the molecule is CC(C)C(C)NC(=O)C1CCN(C(=O)c2ccc(N)c([N+](=O)[O-])c2)CC1. The second-order valence-corrected chi connectivity index (χ2v) is 7.14. The summed E-state index contributed by atoms with van der Waals surface area (Å²) in [6, 6.07) is 4.19. The number of nitrogens with one attached hydrogen (secondary N) is 1. The maximum Gasteiger partial charge on any atom is 0.292 e. The number of anilines is 1. The lowest BCUT2D eigenvalue weighted by Crippen LogP contribution is -2.45. The van der Waals surface area contributed by atoms with Gasteiger partial charge in [-0.1, -0.05) is 13.8 Å². The fourth-order valence-corrected chi connectivity index (χ4v) is 2.87. The number of nitrogen functional groups attached to an aromatic ring is 1. The van der Waals surface area contributed by atoms with E-state index in [-0.39, 0.29) is 40.7 Å². The average molecular weight is 362 g/mol. The highest BCUT2D eigenvalue weighted by Crippen LogP contribution is 2.25. The van der Waals surface area contributed by atoms with Crippen molar-refractivity contribution in [1.29, 1.82) is 0 Å². The molecule has 1 aliphatic rings. The average Bonchev–Trinajstić information content (AvgIpc) is 2.61. The van der Waals surface area contributed by atoms with E-state index >= 15 is 0 Å². The molecular formula is C18H26N4O4. The Morgan fingerprint density at radius 3 is 2.42 bits per heavy atom. The van der Waals surface area contributed by atoms with E-state index in [4.69, 9.17) is 5.73 Å². The Hall–Kier alpha value is -2.64. The van der Waals surface area contributed by atoms with Crippen LogP contribution in [-0.4, -0.2) is 40.8 Å². The maximum absolute atomic E-state index is 12.6. The van der Waals surface area contributed by atoms with Gasteiger partial charge in [0, 0.05) is 36.7 Å². The van der Waals surface area contributed by atoms with E-state index in [0.29, 0.717) is 31.8 Å². The summed E-state index contributed by atoms with van der Waals surface area (Å²) in [4.78, 5) is 36.9. The number of nitro groups is 1. The molecule has 1 aromatic rings. The summed E-state index contributed by atoms with van der Waals surface area (Å²) in [5, 5.41) is 14.0. The van der Waals surface area contributed by atoms with Crippen molar-refractivity contribution in [2.75, 3.05) is 18.8 Å². The number of carbonyl (C=O) groups excluding carboxylic acids is 2. The van der Waals surface area contributed by atoms with Crippen LogP contribution in [0.2, 0.25) is 0 Å². The number of likely N-dealkylation sites (tertiary alicyclic amines) is 1. The molecule has 2 rings (SSSR count). The molecule has 1 atom stereocenters. The monoisotopic (exact) mass is 362 g/mol. The molecule has 0 saturated carbocycles. The predicted molar refractivity (Wildman–Crippen MR) is 98.6 cm³/mol. The summed E-state index contributed by atoms with van der Waals surface area (Å²) in [7, 11) is 0. The first-order valence-electron chi connectivity index (χ1n) is 8.84. The van der Waals surface area contributed by atoms with Crippen LogP contribution < -0.4 is 11.1 Å². The third-order valence-corrected chi connectivity index (χ3v) is 5.00. The van der Waals surface area contributed by atoms with Gasteiger partial charge in [0.1, 0.15) is 5.69 Å². The molecule has 1 aromatic carbocycles. The molecule has 0 spiro atoms. The molecule has 0 radical (unpaired) electrons. The fraction of sp³-hybridized carbons (Fsp3) is 0.556. The van der Waals surface area contributed by atoms with Crippen molar-refractivity contribution in [3.8, 4) is 0 Å². The quantitative estimate of drug-likeness (QED) is 0.473. The molecule has 1 heterocycles. The van der Waals surface area contributed by atoms with Crippen molar-refractivity contribution in [3.63, 3.8) is 0 Å². The molecule has 1 fully saturated rings. The molecule has 0 aromatic heterocycles. The fourth-order valence-electron chi connectivity index (χ4n) is 2.87. The molecule has 3 N–H and O–H groups in total. The number of amides is 2. The number of piperidine rings is 1.